The third kappa shape index (κ3) is 11.4. The van der Waals surface area contributed by atoms with Gasteiger partial charge in [0.1, 0.15) is 17.6 Å². The van der Waals surface area contributed by atoms with Gasteiger partial charge in [-0.1, -0.05) is 81.3 Å². The van der Waals surface area contributed by atoms with Crippen LogP contribution in [0.2, 0.25) is 18.1 Å². The van der Waals surface area contributed by atoms with Crippen molar-refractivity contribution in [3.63, 3.8) is 0 Å². The van der Waals surface area contributed by atoms with Crippen molar-refractivity contribution >= 4 is 43.3 Å². The second kappa shape index (κ2) is 19.8. The topological polar surface area (TPSA) is 150 Å². The third-order valence-electron chi connectivity index (χ3n) is 12.0. The fourth-order valence-electron chi connectivity index (χ4n) is 7.54. The van der Waals surface area contributed by atoms with E-state index < -0.39 is 14.4 Å². The molecule has 322 valence electrons. The minimum atomic E-state index is -2.26. The standard InChI is InChI=1S/C48H59N5O7Si/c1-8-32-28-34(30-49-31-43(60-61(6,7)48(2,3)4)37-18-20-41(54)46-38(37)19-21-44(55)52-46)42(58-5)29-40(32)50-45(56)24-27-53-25-22-35(23-26-53)59-47(57)51-39-17-13-12-16-36(39)33-14-10-9-11-15-33/h1,9-18,20,28-29,35,43,49,54H,19,21-27,30-31H2,2-7H3,(H,50,56)(H,51,57)(H,52,55)/t43-/m0/s1. The van der Waals surface area contributed by atoms with E-state index >= 15 is 0 Å². The summed E-state index contributed by atoms with van der Waals surface area (Å²) in [4.78, 5) is 40.5. The van der Waals surface area contributed by atoms with Crippen LogP contribution in [0.25, 0.3) is 11.1 Å². The zero-order valence-corrected chi connectivity index (χ0v) is 37.2. The van der Waals surface area contributed by atoms with E-state index in [0.717, 1.165) is 27.8 Å². The SMILES string of the molecule is C#Cc1cc(CNC[C@H](O[Si](C)(C)C(C)(C)C)c2ccc(O)c3c2CCC(=O)N3)c(OC)cc1NC(=O)CCN1CCC(OC(=O)Nc2ccccc2-c2ccccc2)CC1. The number of likely N-dealkylation sites (tertiary alicyclic amines) is 1. The molecule has 0 spiro atoms. The van der Waals surface area contributed by atoms with Gasteiger partial charge in [-0.05, 0) is 72.3 Å². The van der Waals surface area contributed by atoms with Crippen LogP contribution in [0.1, 0.15) is 74.8 Å². The number of rotatable bonds is 15. The Labute approximate surface area is 360 Å². The number of phenolic OH excluding ortho intramolecular Hbond substituents is 1. The summed E-state index contributed by atoms with van der Waals surface area (Å²) in [5.74, 6) is 3.05. The summed E-state index contributed by atoms with van der Waals surface area (Å²) in [5, 5.41) is 22.9. The number of hydrogen-bond acceptors (Lipinski definition) is 9. The number of phenols is 1. The zero-order valence-electron chi connectivity index (χ0n) is 36.2. The maximum atomic E-state index is 13.2. The molecule has 3 amide bonds. The van der Waals surface area contributed by atoms with Crippen molar-refractivity contribution in [2.24, 2.45) is 0 Å². The Morgan fingerprint density at radius 1 is 0.984 bits per heavy atom. The highest BCUT2D eigenvalue weighted by atomic mass is 28.4. The lowest BCUT2D eigenvalue weighted by molar-refractivity contribution is -0.117. The average molecular weight is 846 g/mol. The first-order valence-electron chi connectivity index (χ1n) is 21.0. The molecule has 0 bridgehead atoms. The molecule has 5 N–H and O–H groups in total. The summed E-state index contributed by atoms with van der Waals surface area (Å²) in [6.07, 6.45) is 7.37. The maximum absolute atomic E-state index is 13.2. The van der Waals surface area contributed by atoms with Gasteiger partial charge in [-0.25, -0.2) is 4.79 Å². The zero-order chi connectivity index (χ0) is 43.7. The molecule has 13 heteroatoms. The van der Waals surface area contributed by atoms with Crippen LogP contribution in [0.4, 0.5) is 21.9 Å². The molecule has 0 aromatic heterocycles. The predicted octanol–water partition coefficient (Wildman–Crippen LogP) is 8.83. The number of anilines is 3. The number of methoxy groups -OCH3 is 1. The number of aromatic hydroxyl groups is 1. The molecule has 4 aromatic carbocycles. The van der Waals surface area contributed by atoms with Gasteiger partial charge in [0.2, 0.25) is 11.8 Å². The van der Waals surface area contributed by atoms with Crippen LogP contribution in [-0.4, -0.2) is 75.6 Å². The van der Waals surface area contributed by atoms with E-state index in [4.69, 9.17) is 20.3 Å². The number of carbonyl (C=O) groups excluding carboxylic acids is 3. The number of ether oxygens (including phenoxy) is 2. The van der Waals surface area contributed by atoms with E-state index in [2.05, 4.69) is 66.0 Å². The summed E-state index contributed by atoms with van der Waals surface area (Å²) in [7, 11) is -0.679. The number of para-hydroxylation sites is 1. The summed E-state index contributed by atoms with van der Waals surface area (Å²) < 4.78 is 18.6. The van der Waals surface area contributed by atoms with Crippen LogP contribution in [0.3, 0.4) is 0 Å². The third-order valence-corrected chi connectivity index (χ3v) is 16.5. The van der Waals surface area contributed by atoms with Crippen LogP contribution in [0, 0.1) is 12.3 Å². The fraction of sp³-hybridized carbons (Fsp3) is 0.396. The Morgan fingerprint density at radius 2 is 1.70 bits per heavy atom. The van der Waals surface area contributed by atoms with Gasteiger partial charge in [0.15, 0.2) is 8.32 Å². The van der Waals surface area contributed by atoms with Crippen LogP contribution in [-0.2, 0) is 31.7 Å². The van der Waals surface area contributed by atoms with E-state index in [1.165, 1.54) is 0 Å². The molecule has 0 unspecified atom stereocenters. The molecule has 0 saturated carbocycles. The Bertz CT molecular complexity index is 2240. The van der Waals surface area contributed by atoms with Crippen LogP contribution >= 0.6 is 0 Å². The highest BCUT2D eigenvalue weighted by Gasteiger charge is 2.40. The number of amides is 3. The number of nitrogens with one attached hydrogen (secondary N) is 4. The van der Waals surface area contributed by atoms with E-state index in [0.29, 0.717) is 86.8 Å². The molecule has 6 rings (SSSR count). The quantitative estimate of drug-likeness (QED) is 0.0450. The van der Waals surface area contributed by atoms with Gasteiger partial charge in [-0.15, -0.1) is 6.42 Å². The predicted molar refractivity (Wildman–Crippen MR) is 243 cm³/mol. The smallest absolute Gasteiger partial charge is 0.411 e. The van der Waals surface area contributed by atoms with E-state index in [9.17, 15) is 19.5 Å². The Morgan fingerprint density at radius 3 is 2.41 bits per heavy atom. The number of fused-ring (bicyclic) bond motifs is 1. The monoisotopic (exact) mass is 845 g/mol. The van der Waals surface area contributed by atoms with Gasteiger partial charge in [0.05, 0.1) is 30.3 Å². The van der Waals surface area contributed by atoms with E-state index in [1.54, 1.807) is 19.2 Å². The second-order valence-electron chi connectivity index (χ2n) is 17.2. The van der Waals surface area contributed by atoms with Crippen molar-refractivity contribution in [3.8, 4) is 35.0 Å². The first kappa shape index (κ1) is 44.9. The molecule has 12 nitrogen and oxygen atoms in total. The summed E-state index contributed by atoms with van der Waals surface area (Å²) in [5.41, 5.74) is 6.74. The summed E-state index contributed by atoms with van der Waals surface area (Å²) >= 11 is 0. The van der Waals surface area contributed by atoms with Crippen LogP contribution in [0.15, 0.2) is 78.9 Å². The van der Waals surface area contributed by atoms with Gasteiger partial charge in [0.25, 0.3) is 0 Å². The van der Waals surface area contributed by atoms with Crippen LogP contribution < -0.4 is 26.0 Å². The van der Waals surface area contributed by atoms with E-state index in [-0.39, 0.29) is 41.2 Å². The molecule has 0 radical (unpaired) electrons. The summed E-state index contributed by atoms with van der Waals surface area (Å²) in [6, 6.07) is 24.7. The number of benzene rings is 4. The number of carbonyl (C=O) groups is 3. The van der Waals surface area contributed by atoms with Gasteiger partial charge in [-0.2, -0.15) is 0 Å². The molecule has 0 aliphatic carbocycles. The Kier molecular flexibility index (Phi) is 14.6. The van der Waals surface area contributed by atoms with Gasteiger partial charge in [0, 0.05) is 68.3 Å². The molecule has 1 fully saturated rings. The Balaban J connectivity index is 1.02. The first-order valence-corrected chi connectivity index (χ1v) is 23.9. The molecule has 2 heterocycles. The minimum absolute atomic E-state index is 0.0416. The van der Waals surface area contributed by atoms with Gasteiger partial charge < -0.3 is 39.9 Å². The minimum Gasteiger partial charge on any atom is -0.506 e. The fourth-order valence-corrected chi connectivity index (χ4v) is 8.81. The lowest BCUT2D eigenvalue weighted by atomic mass is 9.93. The number of piperidine rings is 1. The van der Waals surface area contributed by atoms with Crippen LogP contribution in [0.5, 0.6) is 11.5 Å². The summed E-state index contributed by atoms with van der Waals surface area (Å²) in [6.45, 7) is 13.8. The molecule has 1 atom stereocenters. The molecule has 1 saturated heterocycles. The lowest BCUT2D eigenvalue weighted by Crippen LogP contribution is -2.43. The molecule has 4 aromatic rings. The van der Waals surface area contributed by atoms with Crippen molar-refractivity contribution in [1.29, 1.82) is 0 Å². The van der Waals surface area contributed by atoms with E-state index in [1.807, 2.05) is 66.7 Å². The van der Waals surface area contributed by atoms with Gasteiger partial charge in [-0.3, -0.25) is 14.9 Å². The van der Waals surface area contributed by atoms with Crippen molar-refractivity contribution in [1.82, 2.24) is 10.2 Å². The first-order chi connectivity index (χ1) is 29.1. The molecule has 2 aliphatic heterocycles. The highest BCUT2D eigenvalue weighted by molar-refractivity contribution is 6.74. The van der Waals surface area contributed by atoms with Crippen molar-refractivity contribution in [2.45, 2.75) is 89.8 Å². The molecule has 2 aliphatic rings. The van der Waals surface area contributed by atoms with Crippen molar-refractivity contribution < 1.29 is 33.4 Å². The molecule has 61 heavy (non-hydrogen) atoms. The van der Waals surface area contributed by atoms with Crippen molar-refractivity contribution in [3.05, 3.63) is 101 Å². The van der Waals surface area contributed by atoms with Gasteiger partial charge >= 0.3 is 6.09 Å². The molecular formula is C48H59N5O7Si. The molecular weight excluding hydrogens is 787 g/mol. The highest BCUT2D eigenvalue weighted by Crippen LogP contribution is 2.43. The lowest BCUT2D eigenvalue weighted by Gasteiger charge is -2.40. The Hall–Kier alpha value is -5.65. The normalized spacial score (nSPS) is 15.2. The largest absolute Gasteiger partial charge is 0.506 e. The number of nitrogens with zero attached hydrogens (tertiary/aromatic N) is 1. The maximum Gasteiger partial charge on any atom is 0.411 e. The number of terminal acetylenes is 1. The second-order valence-corrected chi connectivity index (χ2v) is 22.0. The number of hydrogen-bond donors (Lipinski definition) is 5. The average Bonchev–Trinajstić information content (AvgIpc) is 3.23. The van der Waals surface area contributed by atoms with Crippen molar-refractivity contribution in [2.75, 3.05) is 49.2 Å².